The summed E-state index contributed by atoms with van der Waals surface area (Å²) in [7, 11) is -2.35. The first-order valence-corrected chi connectivity index (χ1v) is 18.2. The zero-order valence-electron chi connectivity index (χ0n) is 27.6. The Bertz CT molecular complexity index is 1780. The lowest BCUT2D eigenvalue weighted by Gasteiger charge is -2.31. The maximum absolute atomic E-state index is 14.2. The predicted octanol–water partition coefficient (Wildman–Crippen LogP) is 2.12. The molecule has 1 aromatic carbocycles. The van der Waals surface area contributed by atoms with Crippen LogP contribution < -0.4 is 24.8 Å². The number of carbonyl (C=O) groups excluding carboxylic acids is 3. The summed E-state index contributed by atoms with van der Waals surface area (Å²) in [5.74, 6) is -2.07. The molecule has 49 heavy (non-hydrogen) atoms. The molecule has 264 valence electrons. The third-order valence-corrected chi connectivity index (χ3v) is 11.8. The molecular formula is C33H42N6O9S. The maximum Gasteiger partial charge on any atom is 0.405 e. The first-order valence-electron chi connectivity index (χ1n) is 16.6. The molecular weight excluding hydrogens is 656 g/mol. The fourth-order valence-corrected chi connectivity index (χ4v) is 8.14. The fourth-order valence-electron chi connectivity index (χ4n) is 6.78. The molecule has 3 heterocycles. The third-order valence-electron chi connectivity index (χ3n) is 9.93. The van der Waals surface area contributed by atoms with E-state index in [1.165, 1.54) is 11.1 Å². The van der Waals surface area contributed by atoms with E-state index in [0.29, 0.717) is 42.5 Å². The second kappa shape index (κ2) is 13.4. The SMILES string of the molecule is COc1ccc2nc(O[C@@H]3C[C@H]4C(=O)N[C@]5(C(=O)NS(=O)(=O)C6CC6)C[C@H]5C=C[C@H](C)CCC[C@@H](C)[C@H](NC(=O)O)C(=O)N4C3)cnc2c1. The van der Waals surface area contributed by atoms with Crippen molar-refractivity contribution in [2.45, 2.75) is 87.8 Å². The van der Waals surface area contributed by atoms with Gasteiger partial charge in [-0.15, -0.1) is 0 Å². The Morgan fingerprint density at radius 3 is 2.59 bits per heavy atom. The van der Waals surface area contributed by atoms with Gasteiger partial charge in [0.1, 0.15) is 29.5 Å². The molecule has 15 nitrogen and oxygen atoms in total. The van der Waals surface area contributed by atoms with Crippen LogP contribution >= 0.6 is 0 Å². The van der Waals surface area contributed by atoms with Gasteiger partial charge in [0.25, 0.3) is 5.91 Å². The van der Waals surface area contributed by atoms with Crippen molar-refractivity contribution in [2.24, 2.45) is 17.8 Å². The van der Waals surface area contributed by atoms with Gasteiger partial charge >= 0.3 is 6.09 Å². The summed E-state index contributed by atoms with van der Waals surface area (Å²) in [5, 5.41) is 14.2. The van der Waals surface area contributed by atoms with Crippen LogP contribution in [0.1, 0.15) is 58.8 Å². The van der Waals surface area contributed by atoms with E-state index < -0.39 is 74.7 Å². The van der Waals surface area contributed by atoms with E-state index >= 15 is 0 Å². The van der Waals surface area contributed by atoms with Crippen molar-refractivity contribution < 1.29 is 42.2 Å². The normalized spacial score (nSPS) is 30.6. The van der Waals surface area contributed by atoms with Crippen LogP contribution in [-0.2, 0) is 24.4 Å². The highest BCUT2D eigenvalue weighted by molar-refractivity contribution is 7.91. The number of amides is 4. The number of carbonyl (C=O) groups is 4. The predicted molar refractivity (Wildman–Crippen MR) is 176 cm³/mol. The number of aromatic nitrogens is 2. The zero-order chi connectivity index (χ0) is 35.1. The van der Waals surface area contributed by atoms with Crippen LogP contribution in [0.25, 0.3) is 11.0 Å². The van der Waals surface area contributed by atoms with E-state index in [1.807, 2.05) is 19.1 Å². The number of sulfonamides is 1. The number of ether oxygens (including phenoxy) is 2. The quantitative estimate of drug-likeness (QED) is 0.308. The highest BCUT2D eigenvalue weighted by atomic mass is 32.2. The van der Waals surface area contributed by atoms with Crippen LogP contribution in [0.15, 0.2) is 36.5 Å². The number of rotatable bonds is 7. The minimum Gasteiger partial charge on any atom is -0.497 e. The number of benzene rings is 1. The standard InChI is InChI=1S/C33H42N6O9S/c1-18-5-4-6-19(2)28(36-32(43)44)30(41)39-17-22(48-27-16-34-25-13-21(47-3)9-12-24(25)35-27)14-26(39)29(40)37-33(15-20(33)8-7-18)31(42)38-49(45,46)23-10-11-23/h7-9,12-13,16,18-20,22-23,26,28,36H,4-6,10-11,14-15,17H2,1-3H3,(H,37,40)(H,38,42)(H,43,44)/t18-,19-,20-,22-,26+,28+,33-/m1/s1. The number of nitrogens with one attached hydrogen (secondary N) is 3. The minimum atomic E-state index is -3.90. The van der Waals surface area contributed by atoms with Gasteiger partial charge in [-0.1, -0.05) is 32.4 Å². The van der Waals surface area contributed by atoms with Crippen molar-refractivity contribution >= 4 is 44.9 Å². The lowest BCUT2D eigenvalue weighted by Crippen LogP contribution is -2.59. The maximum atomic E-state index is 14.2. The van der Waals surface area contributed by atoms with Gasteiger partial charge in [-0.25, -0.2) is 23.2 Å². The molecule has 1 aromatic heterocycles. The number of carboxylic acid groups (broad SMARTS) is 1. The lowest BCUT2D eigenvalue weighted by atomic mass is 9.92. The molecule has 0 spiro atoms. The van der Waals surface area contributed by atoms with E-state index in [0.717, 1.165) is 6.42 Å². The molecule has 4 amide bonds. The van der Waals surface area contributed by atoms with Gasteiger partial charge in [-0.05, 0) is 56.1 Å². The Hall–Kier alpha value is -4.47. The van der Waals surface area contributed by atoms with Crippen molar-refractivity contribution in [3.05, 3.63) is 36.5 Å². The summed E-state index contributed by atoms with van der Waals surface area (Å²) in [6.07, 6.45) is 6.23. The molecule has 3 fully saturated rings. The highest BCUT2D eigenvalue weighted by Crippen LogP contribution is 2.46. The molecule has 2 saturated carbocycles. The smallest absolute Gasteiger partial charge is 0.405 e. The minimum absolute atomic E-state index is 0.00366. The molecule has 0 bridgehead atoms. The van der Waals surface area contributed by atoms with Gasteiger partial charge in [0.15, 0.2) is 0 Å². The summed E-state index contributed by atoms with van der Waals surface area (Å²) >= 11 is 0. The Labute approximate surface area is 284 Å². The van der Waals surface area contributed by atoms with Gasteiger partial charge < -0.3 is 30.1 Å². The summed E-state index contributed by atoms with van der Waals surface area (Å²) in [6.45, 7) is 3.73. The summed E-state index contributed by atoms with van der Waals surface area (Å²) in [4.78, 5) is 64.0. The van der Waals surface area contributed by atoms with E-state index in [4.69, 9.17) is 9.47 Å². The van der Waals surface area contributed by atoms with E-state index in [9.17, 15) is 32.7 Å². The van der Waals surface area contributed by atoms with E-state index in [-0.39, 0.29) is 31.2 Å². The number of allylic oxidation sites excluding steroid dienone is 1. The van der Waals surface area contributed by atoms with Crippen molar-refractivity contribution in [1.29, 1.82) is 0 Å². The molecule has 7 atom stereocenters. The molecule has 2 aliphatic heterocycles. The van der Waals surface area contributed by atoms with Gasteiger partial charge in [-0.2, -0.15) is 0 Å². The monoisotopic (exact) mass is 698 g/mol. The topological polar surface area (TPSA) is 206 Å². The molecule has 1 saturated heterocycles. The lowest BCUT2D eigenvalue weighted by molar-refractivity contribution is -0.142. The largest absolute Gasteiger partial charge is 0.497 e. The number of hydrogen-bond acceptors (Lipinski definition) is 10. The molecule has 6 rings (SSSR count). The number of nitrogens with zero attached hydrogens (tertiary/aromatic N) is 3. The zero-order valence-corrected chi connectivity index (χ0v) is 28.4. The van der Waals surface area contributed by atoms with Crippen LogP contribution in [-0.4, -0.2) is 94.8 Å². The first-order chi connectivity index (χ1) is 23.3. The van der Waals surface area contributed by atoms with Crippen molar-refractivity contribution in [1.82, 2.24) is 30.2 Å². The Morgan fingerprint density at radius 2 is 1.88 bits per heavy atom. The number of methoxy groups -OCH3 is 1. The van der Waals surface area contributed by atoms with Gasteiger partial charge in [-0.3, -0.25) is 19.1 Å². The van der Waals surface area contributed by atoms with Crippen LogP contribution in [0.5, 0.6) is 11.6 Å². The molecule has 0 unspecified atom stereocenters. The third kappa shape index (κ3) is 7.43. The van der Waals surface area contributed by atoms with E-state index in [1.54, 1.807) is 32.2 Å². The van der Waals surface area contributed by atoms with Crippen molar-refractivity contribution in [3.8, 4) is 11.6 Å². The van der Waals surface area contributed by atoms with Crippen LogP contribution in [0.4, 0.5) is 4.79 Å². The Morgan fingerprint density at radius 1 is 1.10 bits per heavy atom. The number of fused-ring (bicyclic) bond motifs is 3. The summed E-state index contributed by atoms with van der Waals surface area (Å²) in [5.41, 5.74) is -0.414. The van der Waals surface area contributed by atoms with Crippen LogP contribution in [0, 0.1) is 17.8 Å². The van der Waals surface area contributed by atoms with Crippen LogP contribution in [0.2, 0.25) is 0 Å². The first kappa shape index (κ1) is 34.4. The van der Waals surface area contributed by atoms with Crippen LogP contribution in [0.3, 0.4) is 0 Å². The molecule has 2 aliphatic carbocycles. The Balaban J connectivity index is 1.30. The molecule has 4 aliphatic rings. The van der Waals surface area contributed by atoms with E-state index in [2.05, 4.69) is 25.3 Å². The van der Waals surface area contributed by atoms with Gasteiger partial charge in [0.05, 0.1) is 36.1 Å². The summed E-state index contributed by atoms with van der Waals surface area (Å²) < 4.78 is 39.1. The van der Waals surface area contributed by atoms with Gasteiger partial charge in [0, 0.05) is 18.4 Å². The highest BCUT2D eigenvalue weighted by Gasteiger charge is 2.62. The second-order valence-electron chi connectivity index (χ2n) is 13.7. The van der Waals surface area contributed by atoms with Gasteiger partial charge in [0.2, 0.25) is 27.7 Å². The second-order valence-corrected chi connectivity index (χ2v) is 15.6. The van der Waals surface area contributed by atoms with Crippen molar-refractivity contribution in [2.75, 3.05) is 13.7 Å². The molecule has 2 aromatic rings. The fraction of sp³-hybridized carbons (Fsp3) is 0.576. The molecule has 4 N–H and O–H groups in total. The average molecular weight is 699 g/mol. The van der Waals surface area contributed by atoms with Crippen molar-refractivity contribution in [3.63, 3.8) is 0 Å². The average Bonchev–Trinajstić information content (AvgIpc) is 3.98. The Kier molecular flexibility index (Phi) is 9.44. The molecule has 0 radical (unpaired) electrons. The molecule has 16 heteroatoms. The number of hydrogen-bond donors (Lipinski definition) is 4. The summed E-state index contributed by atoms with van der Waals surface area (Å²) in [6, 6.07) is 2.88.